The summed E-state index contributed by atoms with van der Waals surface area (Å²) in [5.41, 5.74) is 3.76. The van der Waals surface area contributed by atoms with Crippen LogP contribution in [0.25, 0.3) is 0 Å². The van der Waals surface area contributed by atoms with Crippen molar-refractivity contribution in [1.82, 2.24) is 4.90 Å². The summed E-state index contributed by atoms with van der Waals surface area (Å²) in [4.78, 5) is 20.5. The molecular formula is C24H29N3O2. The van der Waals surface area contributed by atoms with Crippen molar-refractivity contribution in [3.63, 3.8) is 0 Å². The van der Waals surface area contributed by atoms with Crippen molar-refractivity contribution in [2.45, 2.75) is 25.3 Å². The number of likely N-dealkylation sites (tertiary alicyclic amines) is 1. The fraction of sp³-hybridized carbons (Fsp3) is 0.458. The van der Waals surface area contributed by atoms with Gasteiger partial charge < -0.3 is 19.4 Å². The predicted molar refractivity (Wildman–Crippen MR) is 116 cm³/mol. The quantitative estimate of drug-likeness (QED) is 0.805. The van der Waals surface area contributed by atoms with Gasteiger partial charge in [-0.15, -0.1) is 0 Å². The number of ether oxygens (including phenoxy) is 1. The zero-order chi connectivity index (χ0) is 19.8. The first-order chi connectivity index (χ1) is 14.2. The van der Waals surface area contributed by atoms with Gasteiger partial charge in [-0.05, 0) is 43.0 Å². The molecule has 0 N–H and O–H groups in total. The SMILES string of the molecule is COc1ccc2c(c1)N1CCN(c3ccccc3)C[C@@H]1[C@H](C(=O)N1CCCC1)C2. The number of rotatable bonds is 3. The number of fused-ring (bicyclic) bond motifs is 3. The van der Waals surface area contributed by atoms with Crippen LogP contribution in [0, 0.1) is 5.92 Å². The molecule has 0 aliphatic carbocycles. The van der Waals surface area contributed by atoms with Crippen LogP contribution in [0.5, 0.6) is 5.75 Å². The number of carbonyl (C=O) groups is 1. The molecule has 2 aromatic rings. The Kier molecular flexibility index (Phi) is 4.82. The van der Waals surface area contributed by atoms with Gasteiger partial charge >= 0.3 is 0 Å². The van der Waals surface area contributed by atoms with Crippen molar-refractivity contribution in [3.8, 4) is 5.75 Å². The molecule has 2 saturated heterocycles. The second-order valence-corrected chi connectivity index (χ2v) is 8.38. The van der Waals surface area contributed by atoms with Gasteiger partial charge in [0.1, 0.15) is 5.75 Å². The van der Waals surface area contributed by atoms with Crippen LogP contribution in [-0.2, 0) is 11.2 Å². The van der Waals surface area contributed by atoms with Crippen molar-refractivity contribution in [2.75, 3.05) is 49.6 Å². The van der Waals surface area contributed by atoms with E-state index in [0.29, 0.717) is 5.91 Å². The molecule has 3 heterocycles. The maximum atomic E-state index is 13.5. The Morgan fingerprint density at radius 1 is 1.00 bits per heavy atom. The Morgan fingerprint density at radius 2 is 1.79 bits per heavy atom. The van der Waals surface area contributed by atoms with Crippen molar-refractivity contribution in [2.24, 2.45) is 5.92 Å². The average Bonchev–Trinajstić information content (AvgIpc) is 3.33. The minimum Gasteiger partial charge on any atom is -0.497 e. The Bertz CT molecular complexity index is 879. The summed E-state index contributed by atoms with van der Waals surface area (Å²) in [6.07, 6.45) is 3.09. The molecule has 152 valence electrons. The van der Waals surface area contributed by atoms with Crippen LogP contribution in [0.3, 0.4) is 0 Å². The number of piperazine rings is 1. The number of methoxy groups -OCH3 is 1. The topological polar surface area (TPSA) is 36.0 Å². The van der Waals surface area contributed by atoms with E-state index in [9.17, 15) is 4.79 Å². The molecule has 2 aromatic carbocycles. The molecule has 3 aliphatic rings. The van der Waals surface area contributed by atoms with Crippen LogP contribution in [0.1, 0.15) is 18.4 Å². The van der Waals surface area contributed by atoms with Crippen LogP contribution in [0.2, 0.25) is 0 Å². The molecule has 0 unspecified atom stereocenters. The molecule has 2 atom stereocenters. The standard InChI is InChI=1S/C24H29N3O2/c1-29-20-10-9-18-15-21(24(28)25-11-5-6-12-25)23-17-26(19-7-3-2-4-8-19)13-14-27(23)22(18)16-20/h2-4,7-10,16,21,23H,5-6,11-15,17H2,1H3/t21-,23-/m1/s1. The van der Waals surface area contributed by atoms with E-state index in [4.69, 9.17) is 4.74 Å². The Hall–Kier alpha value is -2.69. The summed E-state index contributed by atoms with van der Waals surface area (Å²) in [6, 6.07) is 17.1. The number of para-hydroxylation sites is 1. The number of amides is 1. The molecule has 0 saturated carbocycles. The molecule has 2 fully saturated rings. The summed E-state index contributed by atoms with van der Waals surface area (Å²) in [7, 11) is 1.72. The van der Waals surface area contributed by atoms with E-state index in [1.165, 1.54) is 16.9 Å². The zero-order valence-corrected chi connectivity index (χ0v) is 17.1. The van der Waals surface area contributed by atoms with Crippen LogP contribution in [0.4, 0.5) is 11.4 Å². The highest BCUT2D eigenvalue weighted by Gasteiger charge is 2.43. The molecule has 5 heteroatoms. The summed E-state index contributed by atoms with van der Waals surface area (Å²) in [5, 5.41) is 0. The van der Waals surface area contributed by atoms with Gasteiger partial charge in [-0.3, -0.25) is 4.79 Å². The lowest BCUT2D eigenvalue weighted by Gasteiger charge is -2.50. The summed E-state index contributed by atoms with van der Waals surface area (Å²) >= 11 is 0. The fourth-order valence-electron chi connectivity index (χ4n) is 5.23. The smallest absolute Gasteiger partial charge is 0.228 e. The fourth-order valence-corrected chi connectivity index (χ4v) is 5.23. The highest BCUT2D eigenvalue weighted by atomic mass is 16.5. The monoisotopic (exact) mass is 391 g/mol. The molecule has 3 aliphatic heterocycles. The van der Waals surface area contributed by atoms with Crippen LogP contribution in [-0.4, -0.2) is 56.7 Å². The number of hydrogen-bond donors (Lipinski definition) is 0. The first-order valence-corrected chi connectivity index (χ1v) is 10.8. The Labute approximate surface area is 172 Å². The second kappa shape index (κ2) is 7.62. The minimum atomic E-state index is 0.0144. The van der Waals surface area contributed by atoms with E-state index in [1.54, 1.807) is 7.11 Å². The molecule has 0 aromatic heterocycles. The molecule has 0 radical (unpaired) electrons. The normalized spacial score (nSPS) is 23.6. The van der Waals surface area contributed by atoms with E-state index in [1.807, 2.05) is 6.07 Å². The van der Waals surface area contributed by atoms with Gasteiger partial charge in [-0.1, -0.05) is 24.3 Å². The van der Waals surface area contributed by atoms with Crippen LogP contribution >= 0.6 is 0 Å². The predicted octanol–water partition coefficient (Wildman–Crippen LogP) is 3.19. The molecular weight excluding hydrogens is 362 g/mol. The Morgan fingerprint density at radius 3 is 2.55 bits per heavy atom. The van der Waals surface area contributed by atoms with Crippen LogP contribution in [0.15, 0.2) is 48.5 Å². The highest BCUT2D eigenvalue weighted by Crippen LogP contribution is 2.39. The number of carbonyl (C=O) groups excluding carboxylic acids is 1. The van der Waals surface area contributed by atoms with Crippen molar-refractivity contribution < 1.29 is 9.53 Å². The summed E-state index contributed by atoms with van der Waals surface area (Å²) < 4.78 is 5.49. The molecule has 5 rings (SSSR count). The van der Waals surface area contributed by atoms with Crippen molar-refractivity contribution in [1.29, 1.82) is 0 Å². The third kappa shape index (κ3) is 3.33. The second-order valence-electron chi connectivity index (χ2n) is 8.38. The number of nitrogens with zero attached hydrogens (tertiary/aromatic N) is 3. The lowest BCUT2D eigenvalue weighted by Crippen LogP contribution is -2.61. The van der Waals surface area contributed by atoms with E-state index in [2.05, 4.69) is 57.2 Å². The van der Waals surface area contributed by atoms with Gasteiger partial charge in [-0.25, -0.2) is 0 Å². The number of anilines is 2. The molecule has 29 heavy (non-hydrogen) atoms. The van der Waals surface area contributed by atoms with Gasteiger partial charge in [0.2, 0.25) is 5.91 Å². The molecule has 1 amide bonds. The lowest BCUT2D eigenvalue weighted by atomic mass is 9.83. The maximum Gasteiger partial charge on any atom is 0.228 e. The van der Waals surface area contributed by atoms with Crippen molar-refractivity contribution >= 4 is 17.3 Å². The minimum absolute atomic E-state index is 0.0144. The largest absolute Gasteiger partial charge is 0.497 e. The van der Waals surface area contributed by atoms with Gasteiger partial charge in [0.25, 0.3) is 0 Å². The molecule has 0 bridgehead atoms. The first kappa shape index (κ1) is 18.3. The Balaban J connectivity index is 1.49. The van der Waals surface area contributed by atoms with E-state index in [-0.39, 0.29) is 12.0 Å². The maximum absolute atomic E-state index is 13.5. The van der Waals surface area contributed by atoms with Gasteiger partial charge in [0.15, 0.2) is 0 Å². The average molecular weight is 392 g/mol. The number of hydrogen-bond acceptors (Lipinski definition) is 4. The van der Waals surface area contributed by atoms with Gasteiger partial charge in [-0.2, -0.15) is 0 Å². The summed E-state index contributed by atoms with van der Waals surface area (Å²) in [5.74, 6) is 1.24. The van der Waals surface area contributed by atoms with E-state index in [0.717, 1.165) is 57.7 Å². The van der Waals surface area contributed by atoms with Gasteiger partial charge in [0, 0.05) is 50.2 Å². The van der Waals surface area contributed by atoms with E-state index >= 15 is 0 Å². The first-order valence-electron chi connectivity index (χ1n) is 10.8. The third-order valence-electron chi connectivity index (χ3n) is 6.78. The molecule has 5 nitrogen and oxygen atoms in total. The van der Waals surface area contributed by atoms with Gasteiger partial charge in [0.05, 0.1) is 19.1 Å². The lowest BCUT2D eigenvalue weighted by molar-refractivity contribution is -0.135. The zero-order valence-electron chi connectivity index (χ0n) is 17.1. The number of benzene rings is 2. The van der Waals surface area contributed by atoms with Crippen LogP contribution < -0.4 is 14.5 Å². The highest BCUT2D eigenvalue weighted by molar-refractivity contribution is 5.83. The van der Waals surface area contributed by atoms with Crippen molar-refractivity contribution in [3.05, 3.63) is 54.1 Å². The molecule has 0 spiro atoms. The third-order valence-corrected chi connectivity index (χ3v) is 6.78. The summed E-state index contributed by atoms with van der Waals surface area (Å²) in [6.45, 7) is 4.59. The van der Waals surface area contributed by atoms with E-state index < -0.39 is 0 Å².